The predicted molar refractivity (Wildman–Crippen MR) is 167 cm³/mol. The molecule has 11 heteroatoms. The Hall–Kier alpha value is -2.83. The SMILES string of the molecule is CCCCCN1C(=O)C(=Cc2cn(-c3ccccc3)nc2-c2cccc(S(=O)(=O)N3CC(C)OC(C)C3)c2)SC1=S. The monoisotopic (exact) mass is 610 g/mol. The summed E-state index contributed by atoms with van der Waals surface area (Å²) in [5.74, 6) is -0.110. The highest BCUT2D eigenvalue weighted by Gasteiger charge is 2.34. The van der Waals surface area contributed by atoms with Crippen molar-refractivity contribution in [2.75, 3.05) is 19.6 Å². The van der Waals surface area contributed by atoms with Crippen LogP contribution >= 0.6 is 24.0 Å². The van der Waals surface area contributed by atoms with Crippen LogP contribution in [0.5, 0.6) is 0 Å². The molecule has 2 atom stereocenters. The second kappa shape index (κ2) is 12.6. The highest BCUT2D eigenvalue weighted by molar-refractivity contribution is 8.26. The number of benzene rings is 2. The van der Waals surface area contributed by atoms with E-state index < -0.39 is 10.0 Å². The molecule has 0 aliphatic carbocycles. The van der Waals surface area contributed by atoms with Crippen LogP contribution in [0.3, 0.4) is 0 Å². The number of thioether (sulfide) groups is 1. The third kappa shape index (κ3) is 6.49. The summed E-state index contributed by atoms with van der Waals surface area (Å²) < 4.78 is 36.8. The van der Waals surface area contributed by atoms with E-state index in [1.165, 1.54) is 16.1 Å². The van der Waals surface area contributed by atoms with Gasteiger partial charge >= 0.3 is 0 Å². The van der Waals surface area contributed by atoms with Crippen molar-refractivity contribution >= 4 is 50.3 Å². The Bertz CT molecular complexity index is 1560. The van der Waals surface area contributed by atoms with Gasteiger partial charge in [-0.25, -0.2) is 13.1 Å². The Morgan fingerprint density at radius 1 is 1.07 bits per heavy atom. The van der Waals surface area contributed by atoms with Gasteiger partial charge in [-0.1, -0.05) is 74.1 Å². The minimum absolute atomic E-state index is 0.110. The normalized spacial score (nSPS) is 21.2. The lowest BCUT2D eigenvalue weighted by Gasteiger charge is -2.34. The van der Waals surface area contributed by atoms with E-state index in [1.807, 2.05) is 62.5 Å². The highest BCUT2D eigenvalue weighted by Crippen LogP contribution is 2.36. The Morgan fingerprint density at radius 2 is 1.80 bits per heavy atom. The molecule has 216 valence electrons. The van der Waals surface area contributed by atoms with E-state index in [0.29, 0.717) is 45.7 Å². The summed E-state index contributed by atoms with van der Waals surface area (Å²) in [6.45, 7) is 7.08. The molecule has 3 heterocycles. The summed E-state index contributed by atoms with van der Waals surface area (Å²) in [5.41, 5.74) is 2.76. The van der Waals surface area contributed by atoms with Crippen molar-refractivity contribution in [3.63, 3.8) is 0 Å². The molecule has 5 rings (SSSR count). The van der Waals surface area contributed by atoms with E-state index in [-0.39, 0.29) is 23.0 Å². The number of carbonyl (C=O) groups excluding carboxylic acids is 1. The number of morpholine rings is 1. The van der Waals surface area contributed by atoms with Crippen LogP contribution in [0.2, 0.25) is 0 Å². The summed E-state index contributed by atoms with van der Waals surface area (Å²) in [4.78, 5) is 15.7. The molecule has 2 fully saturated rings. The second-order valence-electron chi connectivity index (χ2n) is 10.4. The van der Waals surface area contributed by atoms with Gasteiger partial charge in [0.2, 0.25) is 10.0 Å². The van der Waals surface area contributed by atoms with E-state index >= 15 is 0 Å². The molecule has 2 aliphatic heterocycles. The van der Waals surface area contributed by atoms with Gasteiger partial charge in [0, 0.05) is 37.0 Å². The van der Waals surface area contributed by atoms with Gasteiger partial charge in [-0.05, 0) is 50.6 Å². The van der Waals surface area contributed by atoms with Crippen LogP contribution in [0.1, 0.15) is 45.6 Å². The van der Waals surface area contributed by atoms with E-state index in [0.717, 1.165) is 24.9 Å². The molecule has 1 aromatic heterocycles. The lowest BCUT2D eigenvalue weighted by Crippen LogP contribution is -2.48. The highest BCUT2D eigenvalue weighted by atomic mass is 32.2. The number of rotatable bonds is 9. The fourth-order valence-electron chi connectivity index (χ4n) is 5.06. The molecule has 1 amide bonds. The Kier molecular flexibility index (Phi) is 9.10. The van der Waals surface area contributed by atoms with Crippen molar-refractivity contribution in [2.45, 2.75) is 57.1 Å². The number of amides is 1. The third-order valence-corrected chi connectivity index (χ3v) is 10.2. The molecular weight excluding hydrogens is 577 g/mol. The molecule has 0 saturated carbocycles. The van der Waals surface area contributed by atoms with Crippen molar-refractivity contribution in [1.29, 1.82) is 0 Å². The average Bonchev–Trinajstić information content (AvgIpc) is 3.49. The molecule has 2 aromatic carbocycles. The summed E-state index contributed by atoms with van der Waals surface area (Å²) in [6.07, 6.45) is 6.29. The summed E-state index contributed by atoms with van der Waals surface area (Å²) >= 11 is 6.82. The van der Waals surface area contributed by atoms with E-state index in [4.69, 9.17) is 22.1 Å². The molecule has 2 aliphatic rings. The number of hydrogen-bond donors (Lipinski definition) is 0. The minimum atomic E-state index is -3.75. The van der Waals surface area contributed by atoms with Crippen LogP contribution in [0.25, 0.3) is 23.0 Å². The molecular formula is C30H34N4O4S3. The number of ether oxygens (including phenoxy) is 1. The molecule has 0 bridgehead atoms. The van der Waals surface area contributed by atoms with E-state index in [1.54, 1.807) is 27.8 Å². The summed E-state index contributed by atoms with van der Waals surface area (Å²) in [7, 11) is -3.75. The standard InChI is InChI=1S/C30H34N4O4S3/c1-4-5-9-15-33-29(35)27(40-30(33)39)17-24-20-34(25-12-7-6-8-13-25)31-28(24)23-11-10-14-26(16-23)41(36,37)32-18-21(2)38-22(3)19-32/h6-8,10-14,16-17,20-22H,4-5,9,15,18-19H2,1-3H3. The van der Waals surface area contributed by atoms with Crippen LogP contribution in [0.15, 0.2) is 70.6 Å². The Balaban J connectivity index is 1.53. The molecule has 0 spiro atoms. The zero-order valence-electron chi connectivity index (χ0n) is 23.4. The first-order chi connectivity index (χ1) is 19.7. The zero-order chi connectivity index (χ0) is 29.1. The van der Waals surface area contributed by atoms with Crippen LogP contribution in [0, 0.1) is 0 Å². The van der Waals surface area contributed by atoms with Crippen LogP contribution in [-0.4, -0.2) is 69.5 Å². The molecule has 3 aromatic rings. The van der Waals surface area contributed by atoms with Gasteiger partial charge in [0.15, 0.2) is 0 Å². The Labute approximate surface area is 251 Å². The van der Waals surface area contributed by atoms with Crippen molar-refractivity contribution in [2.24, 2.45) is 0 Å². The third-order valence-electron chi connectivity index (χ3n) is 7.04. The number of hydrogen-bond acceptors (Lipinski definition) is 7. The maximum atomic E-state index is 13.6. The first kappa shape index (κ1) is 29.7. The first-order valence-electron chi connectivity index (χ1n) is 13.8. The maximum absolute atomic E-state index is 13.6. The number of carbonyl (C=O) groups is 1. The molecule has 8 nitrogen and oxygen atoms in total. The molecule has 0 N–H and O–H groups in total. The minimum Gasteiger partial charge on any atom is -0.373 e. The molecule has 41 heavy (non-hydrogen) atoms. The Morgan fingerprint density at radius 3 is 2.51 bits per heavy atom. The summed E-state index contributed by atoms with van der Waals surface area (Å²) in [6, 6.07) is 16.5. The number of unbranched alkanes of at least 4 members (excludes halogenated alkanes) is 2. The number of sulfonamides is 1. The lowest BCUT2D eigenvalue weighted by atomic mass is 10.1. The quantitative estimate of drug-likeness (QED) is 0.174. The predicted octanol–water partition coefficient (Wildman–Crippen LogP) is 5.73. The van der Waals surface area contributed by atoms with E-state index in [9.17, 15) is 13.2 Å². The van der Waals surface area contributed by atoms with Gasteiger partial charge in [0.05, 0.1) is 27.7 Å². The first-order valence-corrected chi connectivity index (χ1v) is 16.5. The van der Waals surface area contributed by atoms with Crippen LogP contribution in [0.4, 0.5) is 0 Å². The smallest absolute Gasteiger partial charge is 0.266 e. The number of para-hydroxylation sites is 1. The maximum Gasteiger partial charge on any atom is 0.266 e. The number of nitrogens with zero attached hydrogens (tertiary/aromatic N) is 4. The van der Waals surface area contributed by atoms with Crippen molar-refractivity contribution in [1.82, 2.24) is 19.0 Å². The lowest BCUT2D eigenvalue weighted by molar-refractivity contribution is -0.122. The van der Waals surface area contributed by atoms with Crippen molar-refractivity contribution in [3.8, 4) is 16.9 Å². The second-order valence-corrected chi connectivity index (χ2v) is 14.0. The van der Waals surface area contributed by atoms with E-state index in [2.05, 4.69) is 6.92 Å². The zero-order valence-corrected chi connectivity index (χ0v) is 25.8. The molecule has 0 radical (unpaired) electrons. The number of aromatic nitrogens is 2. The van der Waals surface area contributed by atoms with Crippen LogP contribution in [-0.2, 0) is 19.6 Å². The van der Waals surface area contributed by atoms with Crippen LogP contribution < -0.4 is 0 Å². The van der Waals surface area contributed by atoms with Crippen molar-refractivity contribution in [3.05, 3.63) is 71.3 Å². The fourth-order valence-corrected chi connectivity index (χ4v) is 8.00. The largest absolute Gasteiger partial charge is 0.373 e. The topological polar surface area (TPSA) is 84.7 Å². The van der Waals surface area contributed by atoms with Gasteiger partial charge in [0.25, 0.3) is 5.91 Å². The fraction of sp³-hybridized carbons (Fsp3) is 0.367. The van der Waals surface area contributed by atoms with Gasteiger partial charge in [-0.3, -0.25) is 9.69 Å². The molecule has 2 unspecified atom stereocenters. The van der Waals surface area contributed by atoms with Gasteiger partial charge < -0.3 is 4.74 Å². The van der Waals surface area contributed by atoms with Crippen molar-refractivity contribution < 1.29 is 17.9 Å². The molecule has 2 saturated heterocycles. The van der Waals surface area contributed by atoms with Gasteiger partial charge in [-0.2, -0.15) is 9.40 Å². The van der Waals surface area contributed by atoms with Gasteiger partial charge in [0.1, 0.15) is 10.0 Å². The summed E-state index contributed by atoms with van der Waals surface area (Å²) in [5, 5.41) is 4.85. The number of thiocarbonyl (C=S) groups is 1. The average molecular weight is 611 g/mol. The van der Waals surface area contributed by atoms with Gasteiger partial charge in [-0.15, -0.1) is 0 Å².